The molecule has 0 spiro atoms. The average Bonchev–Trinajstić information content (AvgIpc) is 3.39. The van der Waals surface area contributed by atoms with Gasteiger partial charge in [0.15, 0.2) is 0 Å². The van der Waals surface area contributed by atoms with Crippen LogP contribution in [0.15, 0.2) is 63.5 Å². The summed E-state index contributed by atoms with van der Waals surface area (Å²) in [5, 5.41) is 0. The van der Waals surface area contributed by atoms with Crippen LogP contribution in [0.25, 0.3) is 11.1 Å². The zero-order valence-corrected chi connectivity index (χ0v) is 24.3. The quantitative estimate of drug-likeness (QED) is 0.445. The molecule has 0 aliphatic heterocycles. The van der Waals surface area contributed by atoms with Crippen molar-refractivity contribution in [3.05, 3.63) is 74.6 Å². The Morgan fingerprint density at radius 1 is 0.824 bits per heavy atom. The van der Waals surface area contributed by atoms with Gasteiger partial charge >= 0.3 is 202 Å². The van der Waals surface area contributed by atoms with Crippen LogP contribution in [0.4, 0.5) is 0 Å². The molecule has 0 aromatic heterocycles. The number of hydrogen-bond donors (Lipinski definition) is 0. The third-order valence-corrected chi connectivity index (χ3v) is 16.8. The van der Waals surface area contributed by atoms with E-state index in [2.05, 4.69) is 68.5 Å². The Bertz CT molecular complexity index is 1190. The van der Waals surface area contributed by atoms with Crippen LogP contribution in [0.2, 0.25) is 0 Å². The van der Waals surface area contributed by atoms with E-state index in [0.29, 0.717) is 5.41 Å². The summed E-state index contributed by atoms with van der Waals surface area (Å²) in [5.74, 6) is 3.11. The van der Waals surface area contributed by atoms with Gasteiger partial charge in [0.25, 0.3) is 0 Å². The molecule has 6 aliphatic rings. The maximum atomic E-state index is 2.77. The number of rotatable bonds is 3. The van der Waals surface area contributed by atoms with Gasteiger partial charge in [0.05, 0.1) is 0 Å². The molecule has 0 nitrogen and oxygen atoms in total. The standard InChI is InChI=1S/C15H19.C13H9.C3H6.2ClH.Zr/c1-2-4-14(3-1)15-8-11-5-12(9-15)7-13(6-11)10-15;1-3-7-12-10(5-1)9-11-6-2-4-8-13(11)12;1-3-2;;;/h3-4,11-13H,1,5-10H2;1-5,7-8H,9H2;1-2H3;2*1H;/q;;;;;+2/p-2. The SMILES string of the molecule is C[C](C)=[Zr+2]([C]1=CC(C23CC4CC(CC(C4)C2)C3)=CC1)[c]1cccc2c1Cc1ccccc1-2.[Cl-].[Cl-]. The molecule has 2 aromatic rings. The maximum Gasteiger partial charge on any atom is -1.00 e. The molecular formula is C31H34Cl2Zr. The molecule has 176 valence electrons. The van der Waals surface area contributed by atoms with Crippen LogP contribution in [0.5, 0.6) is 0 Å². The third kappa shape index (κ3) is 3.84. The van der Waals surface area contributed by atoms with E-state index >= 15 is 0 Å². The van der Waals surface area contributed by atoms with Crippen LogP contribution >= 0.6 is 0 Å². The molecule has 6 aliphatic carbocycles. The fourth-order valence-electron chi connectivity index (χ4n) is 8.69. The average molecular weight is 569 g/mol. The smallest absolute Gasteiger partial charge is 1.00 e. The molecule has 4 saturated carbocycles. The monoisotopic (exact) mass is 566 g/mol. The second-order valence-electron chi connectivity index (χ2n) is 11.8. The van der Waals surface area contributed by atoms with Crippen molar-refractivity contribution in [2.75, 3.05) is 0 Å². The van der Waals surface area contributed by atoms with E-state index in [9.17, 15) is 0 Å². The topological polar surface area (TPSA) is 0 Å². The van der Waals surface area contributed by atoms with E-state index in [1.54, 1.807) is 36.9 Å². The Hall–Kier alpha value is -0.747. The molecule has 34 heavy (non-hydrogen) atoms. The molecule has 0 atom stereocenters. The van der Waals surface area contributed by atoms with Gasteiger partial charge in [-0.15, -0.1) is 0 Å². The molecule has 0 heterocycles. The van der Waals surface area contributed by atoms with Crippen molar-refractivity contribution in [3.63, 3.8) is 0 Å². The van der Waals surface area contributed by atoms with Crippen molar-refractivity contribution in [3.8, 4) is 11.1 Å². The predicted octanol–water partition coefficient (Wildman–Crippen LogP) is 1.15. The Labute approximate surface area is 225 Å². The summed E-state index contributed by atoms with van der Waals surface area (Å²) in [6.07, 6.45) is 17.0. The first-order valence-corrected chi connectivity index (χ1v) is 16.6. The second kappa shape index (κ2) is 9.28. The van der Waals surface area contributed by atoms with Crippen LogP contribution in [-0.4, -0.2) is 3.21 Å². The van der Waals surface area contributed by atoms with E-state index in [1.165, 1.54) is 42.4 Å². The van der Waals surface area contributed by atoms with Crippen LogP contribution in [-0.2, 0) is 27.7 Å². The minimum Gasteiger partial charge on any atom is -1.00 e. The summed E-state index contributed by atoms with van der Waals surface area (Å²) in [6, 6.07) is 16.3. The molecule has 2 aromatic carbocycles. The second-order valence-corrected chi connectivity index (χ2v) is 19.0. The number of benzene rings is 2. The molecule has 4 fully saturated rings. The predicted molar refractivity (Wildman–Crippen MR) is 132 cm³/mol. The Kier molecular flexibility index (Phi) is 6.81. The molecule has 0 saturated heterocycles. The first-order valence-electron chi connectivity index (χ1n) is 12.9. The van der Waals surface area contributed by atoms with Gasteiger partial charge in [-0.1, -0.05) is 0 Å². The van der Waals surface area contributed by atoms with Crippen LogP contribution in [0, 0.1) is 23.2 Å². The minimum absolute atomic E-state index is 0. The van der Waals surface area contributed by atoms with Gasteiger partial charge in [0.1, 0.15) is 0 Å². The van der Waals surface area contributed by atoms with Crippen molar-refractivity contribution in [2.24, 2.45) is 23.2 Å². The van der Waals surface area contributed by atoms with Crippen LogP contribution in [0.3, 0.4) is 0 Å². The fraction of sp³-hybridized carbons (Fsp3) is 0.452. The zero-order chi connectivity index (χ0) is 21.4. The minimum atomic E-state index is -2.04. The molecule has 8 rings (SSSR count). The molecular weight excluding hydrogens is 534 g/mol. The molecule has 0 unspecified atom stereocenters. The summed E-state index contributed by atoms with van der Waals surface area (Å²) in [4.78, 5) is 0. The summed E-state index contributed by atoms with van der Waals surface area (Å²) in [7, 11) is 0. The largest absolute Gasteiger partial charge is 1.00 e. The number of allylic oxidation sites excluding steroid dienone is 4. The van der Waals surface area contributed by atoms with Gasteiger partial charge in [-0.3, -0.25) is 0 Å². The zero-order valence-electron chi connectivity index (χ0n) is 20.3. The summed E-state index contributed by atoms with van der Waals surface area (Å²) in [6.45, 7) is 4.89. The first kappa shape index (κ1) is 24.9. The third-order valence-electron chi connectivity index (χ3n) is 9.46. The number of halogens is 2. The van der Waals surface area contributed by atoms with Crippen molar-refractivity contribution >= 4 is 6.48 Å². The van der Waals surface area contributed by atoms with E-state index in [-0.39, 0.29) is 24.8 Å². The van der Waals surface area contributed by atoms with Crippen molar-refractivity contribution in [1.82, 2.24) is 0 Å². The molecule has 0 amide bonds. The molecule has 3 heteroatoms. The van der Waals surface area contributed by atoms with E-state index < -0.39 is 21.3 Å². The van der Waals surface area contributed by atoms with Gasteiger partial charge in [-0.2, -0.15) is 0 Å². The van der Waals surface area contributed by atoms with Crippen molar-refractivity contribution < 1.29 is 46.1 Å². The molecule has 0 radical (unpaired) electrons. The van der Waals surface area contributed by atoms with Gasteiger partial charge < -0.3 is 24.8 Å². The van der Waals surface area contributed by atoms with Crippen LogP contribution in [0.1, 0.15) is 69.9 Å². The summed E-state index contributed by atoms with van der Waals surface area (Å²) < 4.78 is 5.35. The van der Waals surface area contributed by atoms with Gasteiger partial charge in [-0.25, -0.2) is 0 Å². The van der Waals surface area contributed by atoms with E-state index in [0.717, 1.165) is 24.2 Å². The first-order chi connectivity index (χ1) is 15.6. The fourth-order valence-corrected chi connectivity index (χ4v) is 15.9. The van der Waals surface area contributed by atoms with Crippen LogP contribution < -0.4 is 28.1 Å². The Morgan fingerprint density at radius 2 is 1.47 bits per heavy atom. The van der Waals surface area contributed by atoms with Gasteiger partial charge in [0, 0.05) is 0 Å². The van der Waals surface area contributed by atoms with E-state index in [4.69, 9.17) is 0 Å². The molecule has 4 bridgehead atoms. The van der Waals surface area contributed by atoms with E-state index in [1.807, 2.05) is 3.28 Å². The van der Waals surface area contributed by atoms with Gasteiger partial charge in [-0.05, 0) is 0 Å². The van der Waals surface area contributed by atoms with Crippen molar-refractivity contribution in [2.45, 2.75) is 65.2 Å². The van der Waals surface area contributed by atoms with Gasteiger partial charge in [0.2, 0.25) is 0 Å². The number of hydrogen-bond acceptors (Lipinski definition) is 0. The summed E-state index contributed by atoms with van der Waals surface area (Å²) in [5.41, 5.74) is 8.52. The number of fused-ring (bicyclic) bond motifs is 3. The summed E-state index contributed by atoms with van der Waals surface area (Å²) >= 11 is -2.04. The maximum absolute atomic E-state index is 2.77. The normalized spacial score (nSPS) is 29.1. The van der Waals surface area contributed by atoms with Crippen molar-refractivity contribution in [1.29, 1.82) is 0 Å². The molecule has 0 N–H and O–H groups in total. The Balaban J connectivity index is 0.00000120. The Morgan fingerprint density at radius 3 is 2.15 bits per heavy atom.